The summed E-state index contributed by atoms with van der Waals surface area (Å²) in [5.74, 6) is 0.809. The molecule has 1 aromatic heterocycles. The van der Waals surface area contributed by atoms with Crippen molar-refractivity contribution in [2.75, 3.05) is 7.05 Å². The number of aromatic hydroxyl groups is 1. The van der Waals surface area contributed by atoms with Crippen molar-refractivity contribution in [3.63, 3.8) is 0 Å². The Kier molecular flexibility index (Phi) is 3.37. The lowest BCUT2D eigenvalue weighted by Gasteiger charge is -2.17. The Bertz CT molecular complexity index is 546. The third kappa shape index (κ3) is 2.53. The first-order chi connectivity index (χ1) is 8.58. The Hall–Kier alpha value is -2.23. The van der Waals surface area contributed by atoms with E-state index in [4.69, 9.17) is 4.42 Å². The highest BCUT2D eigenvalue weighted by atomic mass is 16.3. The largest absolute Gasteiger partial charge is 0.508 e. The number of carbonyl (C=O) groups is 1. The first-order valence-electron chi connectivity index (χ1n) is 5.65. The van der Waals surface area contributed by atoms with E-state index in [0.717, 1.165) is 11.3 Å². The van der Waals surface area contributed by atoms with Crippen LogP contribution in [0.15, 0.2) is 41.0 Å². The molecule has 0 aliphatic heterocycles. The topological polar surface area (TPSA) is 53.7 Å². The van der Waals surface area contributed by atoms with Gasteiger partial charge in [-0.25, -0.2) is 0 Å². The van der Waals surface area contributed by atoms with Gasteiger partial charge in [-0.1, -0.05) is 0 Å². The Morgan fingerprint density at radius 3 is 2.78 bits per heavy atom. The van der Waals surface area contributed by atoms with Crippen molar-refractivity contribution in [1.29, 1.82) is 0 Å². The zero-order valence-electron chi connectivity index (χ0n) is 10.4. The fourth-order valence-electron chi connectivity index (χ4n) is 1.80. The smallest absolute Gasteiger partial charge is 0.254 e. The Morgan fingerprint density at radius 2 is 2.17 bits per heavy atom. The maximum absolute atomic E-state index is 12.2. The van der Waals surface area contributed by atoms with E-state index in [-0.39, 0.29) is 11.7 Å². The fourth-order valence-corrected chi connectivity index (χ4v) is 1.80. The summed E-state index contributed by atoms with van der Waals surface area (Å²) in [4.78, 5) is 13.8. The van der Waals surface area contributed by atoms with E-state index in [0.29, 0.717) is 12.1 Å². The average molecular weight is 245 g/mol. The summed E-state index contributed by atoms with van der Waals surface area (Å²) in [7, 11) is 1.72. The van der Waals surface area contributed by atoms with E-state index in [1.165, 1.54) is 6.07 Å². The van der Waals surface area contributed by atoms with Crippen LogP contribution in [0.3, 0.4) is 0 Å². The number of rotatable bonds is 3. The highest BCUT2D eigenvalue weighted by Crippen LogP contribution is 2.17. The van der Waals surface area contributed by atoms with Gasteiger partial charge in [0, 0.05) is 12.6 Å². The van der Waals surface area contributed by atoms with Crippen LogP contribution >= 0.6 is 0 Å². The van der Waals surface area contributed by atoms with Crippen LogP contribution in [-0.4, -0.2) is 23.0 Å². The van der Waals surface area contributed by atoms with E-state index in [9.17, 15) is 9.90 Å². The molecule has 94 valence electrons. The van der Waals surface area contributed by atoms with Gasteiger partial charge in [-0.05, 0) is 42.8 Å². The molecular formula is C14H15NO3. The van der Waals surface area contributed by atoms with Gasteiger partial charge in [0.15, 0.2) is 0 Å². The third-order valence-corrected chi connectivity index (χ3v) is 2.76. The molecule has 2 aromatic rings. The Labute approximate surface area is 105 Å². The average Bonchev–Trinajstić information content (AvgIpc) is 2.81. The van der Waals surface area contributed by atoms with E-state index in [1.54, 1.807) is 43.3 Å². The van der Waals surface area contributed by atoms with E-state index >= 15 is 0 Å². The van der Waals surface area contributed by atoms with Gasteiger partial charge in [0.05, 0.1) is 12.8 Å². The molecule has 1 heterocycles. The summed E-state index contributed by atoms with van der Waals surface area (Å²) < 4.78 is 5.21. The normalized spacial score (nSPS) is 10.3. The van der Waals surface area contributed by atoms with Crippen molar-refractivity contribution < 1.29 is 14.3 Å². The van der Waals surface area contributed by atoms with E-state index in [1.807, 2.05) is 6.07 Å². The minimum Gasteiger partial charge on any atom is -0.508 e. The summed E-state index contributed by atoms with van der Waals surface area (Å²) in [5, 5.41) is 9.33. The van der Waals surface area contributed by atoms with Crippen LogP contribution in [0.4, 0.5) is 0 Å². The molecule has 4 heteroatoms. The second-order valence-electron chi connectivity index (χ2n) is 4.24. The summed E-state index contributed by atoms with van der Waals surface area (Å²) >= 11 is 0. The minimum atomic E-state index is -0.0936. The molecule has 0 fully saturated rings. The van der Waals surface area contributed by atoms with Crippen molar-refractivity contribution in [2.24, 2.45) is 0 Å². The van der Waals surface area contributed by atoms with Gasteiger partial charge in [-0.2, -0.15) is 0 Å². The summed E-state index contributed by atoms with van der Waals surface area (Å²) in [5.41, 5.74) is 1.34. The van der Waals surface area contributed by atoms with Gasteiger partial charge >= 0.3 is 0 Å². The predicted octanol–water partition coefficient (Wildman–Crippen LogP) is 2.57. The van der Waals surface area contributed by atoms with Crippen molar-refractivity contribution in [2.45, 2.75) is 13.5 Å². The zero-order chi connectivity index (χ0) is 13.1. The number of furan rings is 1. The SMILES string of the molecule is Cc1cc(O)ccc1C(=O)N(C)Cc1ccco1. The number of carbonyl (C=O) groups excluding carboxylic acids is 1. The van der Waals surface area contributed by atoms with E-state index < -0.39 is 0 Å². The van der Waals surface area contributed by atoms with Crippen LogP contribution in [0.1, 0.15) is 21.7 Å². The summed E-state index contributed by atoms with van der Waals surface area (Å²) in [6, 6.07) is 8.34. The number of nitrogens with zero attached hydrogens (tertiary/aromatic N) is 1. The zero-order valence-corrected chi connectivity index (χ0v) is 10.4. The number of benzene rings is 1. The standard InChI is InChI=1S/C14H15NO3/c1-10-8-11(16)5-6-13(10)14(17)15(2)9-12-4-3-7-18-12/h3-8,16H,9H2,1-2H3. The lowest BCUT2D eigenvalue weighted by atomic mass is 10.1. The lowest BCUT2D eigenvalue weighted by molar-refractivity contribution is 0.0774. The number of phenolic OH excluding ortho intramolecular Hbond substituents is 1. The molecule has 1 amide bonds. The van der Waals surface area contributed by atoms with Crippen molar-refractivity contribution in [3.05, 3.63) is 53.5 Å². The number of phenols is 1. The van der Waals surface area contributed by atoms with Crippen molar-refractivity contribution in [1.82, 2.24) is 4.90 Å². The van der Waals surface area contributed by atoms with Gasteiger partial charge in [0.1, 0.15) is 11.5 Å². The molecule has 0 aliphatic carbocycles. The number of amides is 1. The molecule has 0 spiro atoms. The molecule has 0 saturated carbocycles. The van der Waals surface area contributed by atoms with Crippen LogP contribution in [0.25, 0.3) is 0 Å². The molecule has 2 rings (SSSR count). The third-order valence-electron chi connectivity index (χ3n) is 2.76. The molecule has 0 saturated heterocycles. The molecule has 0 radical (unpaired) electrons. The maximum Gasteiger partial charge on any atom is 0.254 e. The molecule has 1 aromatic carbocycles. The van der Waals surface area contributed by atoms with Crippen LogP contribution in [-0.2, 0) is 6.54 Å². The number of hydrogen-bond donors (Lipinski definition) is 1. The molecule has 0 atom stereocenters. The van der Waals surface area contributed by atoms with Crippen LogP contribution in [0.2, 0.25) is 0 Å². The monoisotopic (exact) mass is 245 g/mol. The number of hydrogen-bond acceptors (Lipinski definition) is 3. The van der Waals surface area contributed by atoms with Crippen molar-refractivity contribution in [3.8, 4) is 5.75 Å². The second kappa shape index (κ2) is 4.96. The lowest BCUT2D eigenvalue weighted by Crippen LogP contribution is -2.26. The summed E-state index contributed by atoms with van der Waals surface area (Å²) in [6.07, 6.45) is 1.58. The van der Waals surface area contributed by atoms with Gasteiger partial charge in [-0.15, -0.1) is 0 Å². The maximum atomic E-state index is 12.2. The fraction of sp³-hybridized carbons (Fsp3) is 0.214. The number of aryl methyl sites for hydroxylation is 1. The molecule has 0 bridgehead atoms. The Balaban J connectivity index is 2.15. The Morgan fingerprint density at radius 1 is 1.39 bits per heavy atom. The van der Waals surface area contributed by atoms with Gasteiger partial charge in [0.2, 0.25) is 0 Å². The molecule has 0 aliphatic rings. The van der Waals surface area contributed by atoms with Crippen LogP contribution in [0, 0.1) is 6.92 Å². The molecule has 18 heavy (non-hydrogen) atoms. The molecule has 1 N–H and O–H groups in total. The predicted molar refractivity (Wildman–Crippen MR) is 67.3 cm³/mol. The highest BCUT2D eigenvalue weighted by Gasteiger charge is 2.15. The highest BCUT2D eigenvalue weighted by molar-refractivity contribution is 5.95. The first kappa shape index (κ1) is 12.2. The minimum absolute atomic E-state index is 0.0936. The second-order valence-corrected chi connectivity index (χ2v) is 4.24. The van der Waals surface area contributed by atoms with E-state index in [2.05, 4.69) is 0 Å². The summed E-state index contributed by atoms with van der Waals surface area (Å²) in [6.45, 7) is 2.22. The van der Waals surface area contributed by atoms with Gasteiger partial charge in [-0.3, -0.25) is 4.79 Å². The van der Waals surface area contributed by atoms with Crippen LogP contribution in [0.5, 0.6) is 5.75 Å². The van der Waals surface area contributed by atoms with Gasteiger partial charge < -0.3 is 14.4 Å². The molecule has 4 nitrogen and oxygen atoms in total. The van der Waals surface area contributed by atoms with Gasteiger partial charge in [0.25, 0.3) is 5.91 Å². The van der Waals surface area contributed by atoms with Crippen LogP contribution < -0.4 is 0 Å². The molecular weight excluding hydrogens is 230 g/mol. The first-order valence-corrected chi connectivity index (χ1v) is 5.65. The van der Waals surface area contributed by atoms with Crippen molar-refractivity contribution >= 4 is 5.91 Å². The quantitative estimate of drug-likeness (QED) is 0.904. The molecule has 0 unspecified atom stereocenters.